The molecular formula is C18H15FN4O. The third kappa shape index (κ3) is 3.92. The standard InChI is InChI=1S/C18H15FN4O/c19-15-3-5-16(6-4-15)23-18(24)22-12-14-2-1-9-21-17(14)13-7-10-20-11-8-13/h1-11H,12H2,(H2,22,23,24). The predicted octanol–water partition coefficient (Wildman–Crippen LogP) is 3.60. The van der Waals surface area contributed by atoms with Crippen LogP contribution in [0.3, 0.4) is 0 Å². The number of nitrogens with one attached hydrogen (secondary N) is 2. The average Bonchev–Trinajstić information content (AvgIpc) is 2.63. The second-order valence-electron chi connectivity index (χ2n) is 5.06. The molecule has 2 amide bonds. The number of pyridine rings is 2. The Morgan fingerprint density at radius 2 is 1.75 bits per heavy atom. The van der Waals surface area contributed by atoms with Crippen LogP contribution in [0.5, 0.6) is 0 Å². The van der Waals surface area contributed by atoms with Crippen LogP contribution in [0.15, 0.2) is 67.1 Å². The topological polar surface area (TPSA) is 66.9 Å². The Morgan fingerprint density at radius 1 is 1.00 bits per heavy atom. The van der Waals surface area contributed by atoms with Crippen molar-refractivity contribution in [1.82, 2.24) is 15.3 Å². The summed E-state index contributed by atoms with van der Waals surface area (Å²) in [4.78, 5) is 20.3. The number of anilines is 1. The van der Waals surface area contributed by atoms with Crippen LogP contribution < -0.4 is 10.6 Å². The van der Waals surface area contributed by atoms with Crippen molar-refractivity contribution in [1.29, 1.82) is 0 Å². The van der Waals surface area contributed by atoms with E-state index >= 15 is 0 Å². The zero-order valence-electron chi connectivity index (χ0n) is 12.7. The van der Waals surface area contributed by atoms with Crippen molar-refractivity contribution in [3.8, 4) is 11.3 Å². The minimum atomic E-state index is -0.369. The SMILES string of the molecule is O=C(NCc1cccnc1-c1ccncc1)Nc1ccc(F)cc1. The Kier molecular flexibility index (Phi) is 4.76. The minimum absolute atomic E-state index is 0.318. The van der Waals surface area contributed by atoms with Crippen molar-refractivity contribution in [2.24, 2.45) is 0 Å². The molecule has 2 heterocycles. The number of aromatic nitrogens is 2. The highest BCUT2D eigenvalue weighted by molar-refractivity contribution is 5.89. The number of nitrogens with zero attached hydrogens (tertiary/aromatic N) is 2. The third-order valence-corrected chi connectivity index (χ3v) is 3.39. The van der Waals surface area contributed by atoms with E-state index in [0.29, 0.717) is 12.2 Å². The highest BCUT2D eigenvalue weighted by atomic mass is 19.1. The van der Waals surface area contributed by atoms with E-state index in [-0.39, 0.29) is 11.8 Å². The molecule has 3 aromatic rings. The van der Waals surface area contributed by atoms with Crippen LogP contribution in [-0.2, 0) is 6.54 Å². The summed E-state index contributed by atoms with van der Waals surface area (Å²) in [5.74, 6) is -0.349. The second-order valence-corrected chi connectivity index (χ2v) is 5.06. The molecule has 0 saturated heterocycles. The minimum Gasteiger partial charge on any atom is -0.334 e. The molecule has 24 heavy (non-hydrogen) atoms. The van der Waals surface area contributed by atoms with Crippen LogP contribution in [0.2, 0.25) is 0 Å². The molecule has 120 valence electrons. The molecule has 0 aliphatic carbocycles. The van der Waals surface area contributed by atoms with E-state index in [1.807, 2.05) is 24.3 Å². The van der Waals surface area contributed by atoms with Crippen LogP contribution in [0.25, 0.3) is 11.3 Å². The predicted molar refractivity (Wildman–Crippen MR) is 89.7 cm³/mol. The zero-order chi connectivity index (χ0) is 16.8. The van der Waals surface area contributed by atoms with Gasteiger partial charge >= 0.3 is 6.03 Å². The molecule has 2 aromatic heterocycles. The summed E-state index contributed by atoms with van der Waals surface area (Å²) in [6, 6.07) is 12.7. The summed E-state index contributed by atoms with van der Waals surface area (Å²) >= 11 is 0. The summed E-state index contributed by atoms with van der Waals surface area (Å²) in [6.07, 6.45) is 5.10. The van der Waals surface area contributed by atoms with Crippen LogP contribution in [-0.4, -0.2) is 16.0 Å². The number of rotatable bonds is 4. The van der Waals surface area contributed by atoms with Gasteiger partial charge in [-0.3, -0.25) is 9.97 Å². The maximum absolute atomic E-state index is 12.9. The van der Waals surface area contributed by atoms with E-state index in [1.165, 1.54) is 24.3 Å². The normalized spacial score (nSPS) is 10.2. The number of carbonyl (C=O) groups excluding carboxylic acids is 1. The second kappa shape index (κ2) is 7.32. The fraction of sp³-hybridized carbons (Fsp3) is 0.0556. The molecule has 2 N–H and O–H groups in total. The molecule has 6 heteroatoms. The quantitative estimate of drug-likeness (QED) is 0.771. The molecule has 0 aliphatic rings. The van der Waals surface area contributed by atoms with Gasteiger partial charge in [-0.2, -0.15) is 0 Å². The summed E-state index contributed by atoms with van der Waals surface area (Å²) in [7, 11) is 0. The van der Waals surface area contributed by atoms with Gasteiger partial charge in [0.05, 0.1) is 5.69 Å². The first-order valence-electron chi connectivity index (χ1n) is 7.37. The van der Waals surface area contributed by atoms with E-state index in [9.17, 15) is 9.18 Å². The molecule has 0 fully saturated rings. The summed E-state index contributed by atoms with van der Waals surface area (Å²) in [5, 5.41) is 5.42. The molecule has 0 saturated carbocycles. The van der Waals surface area contributed by atoms with Crippen molar-refractivity contribution >= 4 is 11.7 Å². The maximum atomic E-state index is 12.9. The van der Waals surface area contributed by atoms with Gasteiger partial charge in [-0.25, -0.2) is 9.18 Å². The van der Waals surface area contributed by atoms with Gasteiger partial charge in [0, 0.05) is 36.4 Å². The average molecular weight is 322 g/mol. The van der Waals surface area contributed by atoms with Gasteiger partial charge < -0.3 is 10.6 Å². The Balaban J connectivity index is 1.66. The molecule has 3 rings (SSSR count). The number of urea groups is 1. The van der Waals surface area contributed by atoms with E-state index in [0.717, 1.165) is 16.8 Å². The molecule has 5 nitrogen and oxygen atoms in total. The molecule has 0 aliphatic heterocycles. The maximum Gasteiger partial charge on any atom is 0.319 e. The lowest BCUT2D eigenvalue weighted by Crippen LogP contribution is -2.28. The van der Waals surface area contributed by atoms with Gasteiger partial charge in [0.1, 0.15) is 5.82 Å². The van der Waals surface area contributed by atoms with Crippen LogP contribution in [0.1, 0.15) is 5.56 Å². The van der Waals surface area contributed by atoms with Gasteiger partial charge in [0.25, 0.3) is 0 Å². The van der Waals surface area contributed by atoms with Crippen LogP contribution >= 0.6 is 0 Å². The number of hydrogen-bond acceptors (Lipinski definition) is 3. The van der Waals surface area contributed by atoms with Crippen LogP contribution in [0, 0.1) is 5.82 Å². The molecular weight excluding hydrogens is 307 g/mol. The molecule has 1 aromatic carbocycles. The summed E-state index contributed by atoms with van der Waals surface area (Å²) in [5.41, 5.74) is 3.13. The fourth-order valence-corrected chi connectivity index (χ4v) is 2.23. The van der Waals surface area contributed by atoms with Gasteiger partial charge in [-0.15, -0.1) is 0 Å². The van der Waals surface area contributed by atoms with Crippen molar-refractivity contribution in [3.63, 3.8) is 0 Å². The lowest BCUT2D eigenvalue weighted by molar-refractivity contribution is 0.251. The first-order chi connectivity index (χ1) is 11.7. The highest BCUT2D eigenvalue weighted by Gasteiger charge is 2.08. The highest BCUT2D eigenvalue weighted by Crippen LogP contribution is 2.20. The molecule has 0 spiro atoms. The monoisotopic (exact) mass is 322 g/mol. The van der Waals surface area contributed by atoms with Gasteiger partial charge in [0.15, 0.2) is 0 Å². The smallest absolute Gasteiger partial charge is 0.319 e. The fourth-order valence-electron chi connectivity index (χ4n) is 2.23. The largest absolute Gasteiger partial charge is 0.334 e. The Hall–Kier alpha value is -3.28. The lowest BCUT2D eigenvalue weighted by atomic mass is 10.1. The van der Waals surface area contributed by atoms with E-state index in [4.69, 9.17) is 0 Å². The third-order valence-electron chi connectivity index (χ3n) is 3.39. The zero-order valence-corrected chi connectivity index (χ0v) is 12.7. The van der Waals surface area contributed by atoms with Gasteiger partial charge in [-0.1, -0.05) is 6.07 Å². The Morgan fingerprint density at radius 3 is 2.50 bits per heavy atom. The summed E-state index contributed by atoms with van der Waals surface area (Å²) in [6.45, 7) is 0.318. The first-order valence-corrected chi connectivity index (χ1v) is 7.37. The first kappa shape index (κ1) is 15.6. The van der Waals surface area contributed by atoms with Gasteiger partial charge in [-0.05, 0) is 48.0 Å². The number of carbonyl (C=O) groups is 1. The van der Waals surface area contributed by atoms with Gasteiger partial charge in [0.2, 0.25) is 0 Å². The molecule has 0 atom stereocenters. The summed E-state index contributed by atoms with van der Waals surface area (Å²) < 4.78 is 12.9. The lowest BCUT2D eigenvalue weighted by Gasteiger charge is -2.11. The Bertz CT molecular complexity index is 822. The number of benzene rings is 1. The number of amides is 2. The molecule has 0 radical (unpaired) electrons. The molecule has 0 bridgehead atoms. The number of hydrogen-bond donors (Lipinski definition) is 2. The van der Waals surface area contributed by atoms with E-state index in [1.54, 1.807) is 18.6 Å². The van der Waals surface area contributed by atoms with Crippen LogP contribution in [0.4, 0.5) is 14.9 Å². The molecule has 0 unspecified atom stereocenters. The van der Waals surface area contributed by atoms with Crippen molar-refractivity contribution in [2.75, 3.05) is 5.32 Å². The van der Waals surface area contributed by atoms with Crippen molar-refractivity contribution < 1.29 is 9.18 Å². The van der Waals surface area contributed by atoms with Crippen molar-refractivity contribution in [3.05, 3.63) is 78.5 Å². The van der Waals surface area contributed by atoms with Crippen molar-refractivity contribution in [2.45, 2.75) is 6.54 Å². The Labute approximate surface area is 138 Å². The van der Waals surface area contributed by atoms with E-state index in [2.05, 4.69) is 20.6 Å². The number of halogens is 1. The van der Waals surface area contributed by atoms with E-state index < -0.39 is 0 Å².